The highest BCUT2D eigenvalue weighted by molar-refractivity contribution is 7.99. The van der Waals surface area contributed by atoms with E-state index < -0.39 is 39.5 Å². The van der Waals surface area contributed by atoms with Crippen LogP contribution in [0.4, 0.5) is 26.3 Å². The third kappa shape index (κ3) is 2.63. The molecular weight excluding hydrogens is 302 g/mol. The van der Waals surface area contributed by atoms with E-state index in [1.165, 1.54) is 24.3 Å². The van der Waals surface area contributed by atoms with Crippen molar-refractivity contribution in [1.29, 1.82) is 0 Å². The Kier molecular flexibility index (Phi) is 4.27. The molecule has 2 aromatic carbocycles. The molecule has 0 amide bonds. The van der Waals surface area contributed by atoms with E-state index in [2.05, 4.69) is 0 Å². The van der Waals surface area contributed by atoms with E-state index >= 15 is 0 Å². The molecule has 0 aliphatic carbocycles. The van der Waals surface area contributed by atoms with Crippen LogP contribution in [0, 0.1) is 29.1 Å². The Hall–Kier alpha value is -1.63. The van der Waals surface area contributed by atoms with Crippen molar-refractivity contribution in [2.75, 3.05) is 0 Å². The second kappa shape index (κ2) is 5.78. The van der Waals surface area contributed by atoms with Crippen LogP contribution in [0.2, 0.25) is 0 Å². The van der Waals surface area contributed by atoms with Gasteiger partial charge in [-0.1, -0.05) is 42.1 Å². The largest absolute Gasteiger partial charge is 0.230 e. The smallest absolute Gasteiger partial charge is 0.200 e. The standard InChI is InChI=1S/C13H6F6S/c14-7-8(15)10(17)12(11(18)9(7)16)20-13(19)6-4-2-1-3-5-6/h1-5,13H. The maximum absolute atomic E-state index is 13.8. The fourth-order valence-corrected chi connectivity index (χ4v) is 2.35. The molecule has 7 heteroatoms. The van der Waals surface area contributed by atoms with Crippen LogP contribution >= 0.6 is 11.8 Å². The molecule has 0 bridgehead atoms. The predicted octanol–water partition coefficient (Wildman–Crippen LogP) is 5.14. The van der Waals surface area contributed by atoms with Crippen molar-refractivity contribution in [3.63, 3.8) is 0 Å². The summed E-state index contributed by atoms with van der Waals surface area (Å²) in [5, 5.41) is 0. The molecule has 0 radical (unpaired) electrons. The molecule has 0 spiro atoms. The molecule has 0 aliphatic rings. The number of benzene rings is 2. The summed E-state index contributed by atoms with van der Waals surface area (Å²) in [6.45, 7) is 0. The van der Waals surface area contributed by atoms with Gasteiger partial charge in [0, 0.05) is 0 Å². The second-order valence-electron chi connectivity index (χ2n) is 3.74. The zero-order chi connectivity index (χ0) is 14.9. The third-order valence-electron chi connectivity index (χ3n) is 2.45. The minimum Gasteiger partial charge on any atom is -0.230 e. The molecule has 0 aromatic heterocycles. The lowest BCUT2D eigenvalue weighted by Gasteiger charge is -2.11. The zero-order valence-corrected chi connectivity index (χ0v) is 10.5. The van der Waals surface area contributed by atoms with Gasteiger partial charge in [0.25, 0.3) is 0 Å². The molecule has 0 nitrogen and oxygen atoms in total. The second-order valence-corrected chi connectivity index (χ2v) is 4.80. The highest BCUT2D eigenvalue weighted by Crippen LogP contribution is 2.40. The summed E-state index contributed by atoms with van der Waals surface area (Å²) in [7, 11) is 0. The summed E-state index contributed by atoms with van der Waals surface area (Å²) in [6, 6.07) is 7.24. The van der Waals surface area contributed by atoms with Crippen molar-refractivity contribution in [1.82, 2.24) is 0 Å². The number of rotatable bonds is 3. The minimum absolute atomic E-state index is 0.0569. The molecule has 0 saturated carbocycles. The van der Waals surface area contributed by atoms with Crippen molar-refractivity contribution >= 4 is 11.8 Å². The molecule has 0 N–H and O–H groups in total. The first-order valence-electron chi connectivity index (χ1n) is 5.30. The normalized spacial score (nSPS) is 12.5. The summed E-state index contributed by atoms with van der Waals surface area (Å²) >= 11 is -0.0764. The predicted molar refractivity (Wildman–Crippen MR) is 62.4 cm³/mol. The maximum atomic E-state index is 13.8. The molecule has 20 heavy (non-hydrogen) atoms. The Labute approximate surface area is 114 Å². The highest BCUT2D eigenvalue weighted by Gasteiger charge is 2.28. The van der Waals surface area contributed by atoms with E-state index in [9.17, 15) is 26.3 Å². The van der Waals surface area contributed by atoms with Gasteiger partial charge in [-0.3, -0.25) is 0 Å². The van der Waals surface area contributed by atoms with Crippen molar-refractivity contribution in [3.8, 4) is 0 Å². The average molecular weight is 308 g/mol. The molecule has 1 atom stereocenters. The lowest BCUT2D eigenvalue weighted by molar-refractivity contribution is 0.359. The fraction of sp³-hybridized carbons (Fsp3) is 0.0769. The quantitative estimate of drug-likeness (QED) is 0.327. The van der Waals surface area contributed by atoms with Crippen molar-refractivity contribution in [3.05, 3.63) is 65.0 Å². The Morgan fingerprint density at radius 1 is 0.700 bits per heavy atom. The van der Waals surface area contributed by atoms with Gasteiger partial charge in [-0.05, 0) is 5.56 Å². The van der Waals surface area contributed by atoms with Gasteiger partial charge in [-0.2, -0.15) is 0 Å². The zero-order valence-electron chi connectivity index (χ0n) is 9.64. The molecule has 0 heterocycles. The van der Waals surface area contributed by atoms with Crippen molar-refractivity contribution in [2.24, 2.45) is 0 Å². The number of halogens is 6. The average Bonchev–Trinajstić information content (AvgIpc) is 2.48. The summed E-state index contributed by atoms with van der Waals surface area (Å²) in [6.07, 6.45) is 0. The van der Waals surface area contributed by atoms with Gasteiger partial charge in [-0.15, -0.1) is 0 Å². The van der Waals surface area contributed by atoms with Crippen LogP contribution in [0.15, 0.2) is 35.2 Å². The van der Waals surface area contributed by atoms with Crippen LogP contribution in [0.1, 0.15) is 11.1 Å². The van der Waals surface area contributed by atoms with Crippen molar-refractivity contribution < 1.29 is 26.3 Å². The lowest BCUT2D eigenvalue weighted by Crippen LogP contribution is -2.04. The molecule has 2 aromatic rings. The Morgan fingerprint density at radius 2 is 1.15 bits per heavy atom. The van der Waals surface area contributed by atoms with Crippen molar-refractivity contribution in [2.45, 2.75) is 10.4 Å². The van der Waals surface area contributed by atoms with E-state index in [1.54, 1.807) is 6.07 Å². The maximum Gasteiger partial charge on any atom is 0.200 e. The molecule has 0 saturated heterocycles. The van der Waals surface area contributed by atoms with Gasteiger partial charge in [0.1, 0.15) is 0 Å². The van der Waals surface area contributed by atoms with E-state index in [-0.39, 0.29) is 17.3 Å². The van der Waals surface area contributed by atoms with E-state index in [1.807, 2.05) is 0 Å². The number of hydrogen-bond donors (Lipinski definition) is 0. The van der Waals surface area contributed by atoms with Crippen LogP contribution in [0.3, 0.4) is 0 Å². The number of alkyl halides is 1. The van der Waals surface area contributed by atoms with E-state index in [4.69, 9.17) is 0 Å². The number of thioether (sulfide) groups is 1. The third-order valence-corrected chi connectivity index (χ3v) is 3.53. The monoisotopic (exact) mass is 308 g/mol. The van der Waals surface area contributed by atoms with Gasteiger partial charge in [-0.25, -0.2) is 26.3 Å². The summed E-state index contributed by atoms with van der Waals surface area (Å²) in [4.78, 5) is -1.24. The van der Waals surface area contributed by atoms with Gasteiger partial charge in [0.2, 0.25) is 5.82 Å². The van der Waals surface area contributed by atoms with Crippen LogP contribution in [-0.2, 0) is 0 Å². The molecule has 1 unspecified atom stereocenters. The molecule has 106 valence electrons. The van der Waals surface area contributed by atoms with Gasteiger partial charge >= 0.3 is 0 Å². The first-order valence-corrected chi connectivity index (χ1v) is 6.18. The van der Waals surface area contributed by atoms with E-state index in [0.717, 1.165) is 0 Å². The van der Waals surface area contributed by atoms with Gasteiger partial charge < -0.3 is 0 Å². The topological polar surface area (TPSA) is 0 Å². The fourth-order valence-electron chi connectivity index (χ4n) is 1.46. The summed E-state index contributed by atoms with van der Waals surface area (Å²) in [5.41, 5.74) is -1.90. The minimum atomic E-state index is -2.26. The van der Waals surface area contributed by atoms with Crippen LogP contribution < -0.4 is 0 Å². The van der Waals surface area contributed by atoms with Gasteiger partial charge in [0.05, 0.1) is 4.90 Å². The summed E-state index contributed by atoms with van der Waals surface area (Å²) in [5.74, 6) is -10.5. The Bertz CT molecular complexity index is 599. The van der Waals surface area contributed by atoms with Crippen LogP contribution in [0.25, 0.3) is 0 Å². The van der Waals surface area contributed by atoms with Crippen LogP contribution in [0.5, 0.6) is 0 Å². The van der Waals surface area contributed by atoms with Gasteiger partial charge in [0.15, 0.2) is 28.8 Å². The first-order chi connectivity index (χ1) is 9.43. The summed E-state index contributed by atoms with van der Waals surface area (Å²) < 4.78 is 79.3. The van der Waals surface area contributed by atoms with Crippen LogP contribution in [-0.4, -0.2) is 0 Å². The Balaban J connectivity index is 2.40. The molecular formula is C13H6F6S. The molecule has 0 aliphatic heterocycles. The van der Waals surface area contributed by atoms with E-state index in [0.29, 0.717) is 0 Å². The highest BCUT2D eigenvalue weighted by atomic mass is 32.2. The first kappa shape index (κ1) is 14.8. The SMILES string of the molecule is Fc1c(F)c(F)c(SC(F)c2ccccc2)c(F)c1F. The number of hydrogen-bond acceptors (Lipinski definition) is 1. The Morgan fingerprint density at radius 3 is 1.65 bits per heavy atom. The molecule has 0 fully saturated rings. The lowest BCUT2D eigenvalue weighted by atomic mass is 10.2. The molecule has 2 rings (SSSR count).